The van der Waals surface area contributed by atoms with E-state index >= 15 is 0 Å². The van der Waals surface area contributed by atoms with Crippen molar-refractivity contribution in [1.29, 1.82) is 10.5 Å². The summed E-state index contributed by atoms with van der Waals surface area (Å²) in [5.74, 6) is 1.37. The standard InChI is InChI=1S/C16H20N2O2/c1-3-9-19-15-11-14(6-8-18)16(20-10-4-2)12-13(15)5-7-17/h11-12H,3-6,9-10H2,1-2H3. The molecule has 1 aromatic rings. The SMILES string of the molecule is CCCOc1cc(CC#N)c(OCCC)cc1CC#N. The number of nitrogens with zero attached hydrogens (tertiary/aromatic N) is 2. The van der Waals surface area contributed by atoms with E-state index in [0.29, 0.717) is 24.7 Å². The molecule has 4 heteroatoms. The number of hydrogen-bond acceptors (Lipinski definition) is 4. The van der Waals surface area contributed by atoms with Gasteiger partial charge in [0, 0.05) is 11.1 Å². The molecular formula is C16H20N2O2. The van der Waals surface area contributed by atoms with Crippen LogP contribution in [0.5, 0.6) is 11.5 Å². The van der Waals surface area contributed by atoms with Crippen LogP contribution < -0.4 is 9.47 Å². The molecule has 0 aliphatic rings. The van der Waals surface area contributed by atoms with E-state index in [1.165, 1.54) is 0 Å². The molecule has 0 aliphatic heterocycles. The van der Waals surface area contributed by atoms with E-state index in [1.54, 1.807) is 0 Å². The second-order valence-electron chi connectivity index (χ2n) is 4.43. The van der Waals surface area contributed by atoms with Gasteiger partial charge in [-0.05, 0) is 25.0 Å². The summed E-state index contributed by atoms with van der Waals surface area (Å²) >= 11 is 0. The Labute approximate surface area is 120 Å². The lowest BCUT2D eigenvalue weighted by Gasteiger charge is -2.15. The summed E-state index contributed by atoms with van der Waals surface area (Å²) in [4.78, 5) is 0. The van der Waals surface area contributed by atoms with Crippen molar-refractivity contribution < 1.29 is 9.47 Å². The largest absolute Gasteiger partial charge is 0.493 e. The first-order chi connectivity index (χ1) is 9.76. The lowest BCUT2D eigenvalue weighted by molar-refractivity contribution is 0.304. The Morgan fingerprint density at radius 2 is 1.25 bits per heavy atom. The molecule has 0 N–H and O–H groups in total. The van der Waals surface area contributed by atoms with Crippen LogP contribution in [-0.4, -0.2) is 13.2 Å². The molecule has 0 unspecified atom stereocenters. The van der Waals surface area contributed by atoms with Gasteiger partial charge in [-0.2, -0.15) is 10.5 Å². The van der Waals surface area contributed by atoms with Gasteiger partial charge in [-0.3, -0.25) is 0 Å². The lowest BCUT2D eigenvalue weighted by atomic mass is 10.0. The number of nitriles is 2. The van der Waals surface area contributed by atoms with Crippen LogP contribution in [-0.2, 0) is 12.8 Å². The van der Waals surface area contributed by atoms with E-state index in [4.69, 9.17) is 20.0 Å². The monoisotopic (exact) mass is 272 g/mol. The zero-order chi connectivity index (χ0) is 14.8. The summed E-state index contributed by atoms with van der Waals surface area (Å²) in [6.45, 7) is 5.25. The summed E-state index contributed by atoms with van der Waals surface area (Å²) in [5.41, 5.74) is 1.63. The highest BCUT2D eigenvalue weighted by Gasteiger charge is 2.12. The molecule has 0 saturated carbocycles. The Bertz CT molecular complexity index is 465. The van der Waals surface area contributed by atoms with Gasteiger partial charge in [0.2, 0.25) is 0 Å². The van der Waals surface area contributed by atoms with Crippen molar-refractivity contribution >= 4 is 0 Å². The Morgan fingerprint density at radius 1 is 0.850 bits per heavy atom. The molecular weight excluding hydrogens is 252 g/mol. The van der Waals surface area contributed by atoms with E-state index in [2.05, 4.69) is 12.1 Å². The van der Waals surface area contributed by atoms with Gasteiger partial charge in [0.1, 0.15) is 11.5 Å². The quantitative estimate of drug-likeness (QED) is 0.727. The van der Waals surface area contributed by atoms with E-state index < -0.39 is 0 Å². The van der Waals surface area contributed by atoms with Gasteiger partial charge in [0.25, 0.3) is 0 Å². The second-order valence-corrected chi connectivity index (χ2v) is 4.43. The van der Waals surface area contributed by atoms with Crippen molar-refractivity contribution in [2.24, 2.45) is 0 Å². The van der Waals surface area contributed by atoms with Crippen molar-refractivity contribution in [3.8, 4) is 23.6 Å². The van der Waals surface area contributed by atoms with Gasteiger partial charge in [-0.15, -0.1) is 0 Å². The van der Waals surface area contributed by atoms with Crippen LogP contribution in [0.4, 0.5) is 0 Å². The van der Waals surface area contributed by atoms with Crippen LogP contribution in [0.3, 0.4) is 0 Å². The van der Waals surface area contributed by atoms with Crippen molar-refractivity contribution in [2.75, 3.05) is 13.2 Å². The Balaban J connectivity index is 3.13. The van der Waals surface area contributed by atoms with Crippen LogP contribution in [0, 0.1) is 22.7 Å². The molecule has 0 aliphatic carbocycles. The summed E-state index contributed by atoms with van der Waals surface area (Å²) in [5, 5.41) is 17.8. The first kappa shape index (κ1) is 15.9. The lowest BCUT2D eigenvalue weighted by Crippen LogP contribution is -2.04. The molecule has 0 atom stereocenters. The molecule has 0 heterocycles. The number of ether oxygens (including phenoxy) is 2. The zero-order valence-electron chi connectivity index (χ0n) is 12.1. The summed E-state index contributed by atoms with van der Waals surface area (Å²) < 4.78 is 11.3. The Kier molecular flexibility index (Phi) is 7.00. The van der Waals surface area contributed by atoms with Crippen LogP contribution in [0.15, 0.2) is 12.1 Å². The third-order valence-corrected chi connectivity index (χ3v) is 2.71. The highest BCUT2D eigenvalue weighted by atomic mass is 16.5. The van der Waals surface area contributed by atoms with Crippen LogP contribution in [0.1, 0.15) is 37.8 Å². The molecule has 0 amide bonds. The van der Waals surface area contributed by atoms with Crippen LogP contribution in [0.2, 0.25) is 0 Å². The highest BCUT2D eigenvalue weighted by Crippen LogP contribution is 2.30. The van der Waals surface area contributed by atoms with Crippen molar-refractivity contribution in [3.05, 3.63) is 23.3 Å². The molecule has 0 bridgehead atoms. The number of rotatable bonds is 8. The smallest absolute Gasteiger partial charge is 0.124 e. The Hall–Kier alpha value is -2.20. The second kappa shape index (κ2) is 8.82. The van der Waals surface area contributed by atoms with Crippen LogP contribution in [0.25, 0.3) is 0 Å². The summed E-state index contributed by atoms with van der Waals surface area (Å²) in [6, 6.07) is 7.93. The predicted octanol–water partition coefficient (Wildman–Crippen LogP) is 3.40. The van der Waals surface area contributed by atoms with Crippen molar-refractivity contribution in [3.63, 3.8) is 0 Å². The van der Waals surface area contributed by atoms with Gasteiger partial charge in [-0.25, -0.2) is 0 Å². The van der Waals surface area contributed by atoms with Crippen LogP contribution >= 0.6 is 0 Å². The fourth-order valence-electron chi connectivity index (χ4n) is 1.78. The average Bonchev–Trinajstić information content (AvgIpc) is 2.46. The van der Waals surface area contributed by atoms with Crippen molar-refractivity contribution in [1.82, 2.24) is 0 Å². The maximum absolute atomic E-state index is 8.91. The van der Waals surface area contributed by atoms with Gasteiger partial charge in [-0.1, -0.05) is 13.8 Å². The molecule has 1 rings (SSSR count). The Morgan fingerprint density at radius 3 is 1.55 bits per heavy atom. The minimum absolute atomic E-state index is 0.272. The van der Waals surface area contributed by atoms with E-state index in [1.807, 2.05) is 26.0 Å². The molecule has 4 nitrogen and oxygen atoms in total. The van der Waals surface area contributed by atoms with Gasteiger partial charge >= 0.3 is 0 Å². The van der Waals surface area contributed by atoms with E-state index in [0.717, 1.165) is 24.0 Å². The zero-order valence-corrected chi connectivity index (χ0v) is 12.1. The molecule has 0 fully saturated rings. The molecule has 0 saturated heterocycles. The minimum Gasteiger partial charge on any atom is -0.493 e. The molecule has 0 spiro atoms. The number of benzene rings is 1. The van der Waals surface area contributed by atoms with Gasteiger partial charge in [0.05, 0.1) is 38.2 Å². The predicted molar refractivity (Wildman–Crippen MR) is 76.6 cm³/mol. The topological polar surface area (TPSA) is 66.0 Å². The van der Waals surface area contributed by atoms with Gasteiger partial charge < -0.3 is 9.47 Å². The van der Waals surface area contributed by atoms with Gasteiger partial charge in [0.15, 0.2) is 0 Å². The molecule has 1 aromatic carbocycles. The fraction of sp³-hybridized carbons (Fsp3) is 0.500. The third-order valence-electron chi connectivity index (χ3n) is 2.71. The molecule has 106 valence electrons. The first-order valence-corrected chi connectivity index (χ1v) is 6.92. The summed E-state index contributed by atoms with van der Waals surface area (Å²) in [7, 11) is 0. The maximum Gasteiger partial charge on any atom is 0.124 e. The van der Waals surface area contributed by atoms with E-state index in [9.17, 15) is 0 Å². The molecule has 0 aromatic heterocycles. The van der Waals surface area contributed by atoms with E-state index in [-0.39, 0.29) is 12.8 Å². The molecule has 0 radical (unpaired) electrons. The summed E-state index contributed by atoms with van der Waals surface area (Å²) in [6.07, 6.45) is 2.34. The third kappa shape index (κ3) is 4.48. The number of hydrogen-bond donors (Lipinski definition) is 0. The van der Waals surface area contributed by atoms with Crippen molar-refractivity contribution in [2.45, 2.75) is 39.5 Å². The molecule has 20 heavy (non-hydrogen) atoms. The maximum atomic E-state index is 8.91. The fourth-order valence-corrected chi connectivity index (χ4v) is 1.78. The average molecular weight is 272 g/mol. The minimum atomic E-state index is 0.272. The highest BCUT2D eigenvalue weighted by molar-refractivity contribution is 5.48. The first-order valence-electron chi connectivity index (χ1n) is 6.92. The normalized spacial score (nSPS) is 9.60.